The molecule has 4 rings (SSSR count). The molecule has 2 heterocycles. The van der Waals surface area contributed by atoms with Gasteiger partial charge in [0.05, 0.1) is 5.52 Å². The summed E-state index contributed by atoms with van der Waals surface area (Å²) in [4.78, 5) is 12.5. The summed E-state index contributed by atoms with van der Waals surface area (Å²) in [7, 11) is 0. The predicted molar refractivity (Wildman–Crippen MR) is 75.2 cm³/mol. The predicted octanol–water partition coefficient (Wildman–Crippen LogP) is 3.15. The molecule has 0 radical (unpaired) electrons. The maximum atomic E-state index is 4.67. The minimum Gasteiger partial charge on any atom is -0.340 e. The number of aromatic nitrogens is 3. The maximum absolute atomic E-state index is 4.67. The molecule has 0 atom stereocenters. The molecule has 1 N–H and O–H groups in total. The summed E-state index contributed by atoms with van der Waals surface area (Å²) >= 11 is 0. The highest BCUT2D eigenvalue weighted by Gasteiger charge is 2.25. The molecule has 0 bridgehead atoms. The Bertz CT molecular complexity index is 733. The van der Waals surface area contributed by atoms with Gasteiger partial charge in [0.25, 0.3) is 0 Å². The van der Waals surface area contributed by atoms with Crippen molar-refractivity contribution in [3.63, 3.8) is 0 Å². The molecule has 0 aliphatic heterocycles. The largest absolute Gasteiger partial charge is 0.340 e. The summed E-state index contributed by atoms with van der Waals surface area (Å²) in [5.41, 5.74) is 6.04. The van der Waals surface area contributed by atoms with Crippen molar-refractivity contribution in [1.82, 2.24) is 15.0 Å². The Morgan fingerprint density at radius 2 is 1.84 bits per heavy atom. The normalized spacial score (nSPS) is 15.0. The Morgan fingerprint density at radius 1 is 1.11 bits per heavy atom. The number of nitrogens with one attached hydrogen (secondary N) is 1. The zero-order valence-electron chi connectivity index (χ0n) is 10.9. The van der Waals surface area contributed by atoms with Crippen LogP contribution in [0.15, 0.2) is 36.5 Å². The van der Waals surface area contributed by atoms with Crippen molar-refractivity contribution in [2.24, 2.45) is 0 Å². The van der Waals surface area contributed by atoms with Crippen LogP contribution in [0.3, 0.4) is 0 Å². The van der Waals surface area contributed by atoms with Crippen molar-refractivity contribution < 1.29 is 0 Å². The van der Waals surface area contributed by atoms with Crippen LogP contribution in [0.25, 0.3) is 11.2 Å². The second kappa shape index (κ2) is 3.92. The van der Waals surface area contributed by atoms with Gasteiger partial charge in [-0.2, -0.15) is 0 Å². The van der Waals surface area contributed by atoms with E-state index in [1.54, 1.807) is 0 Å². The molecule has 0 spiro atoms. The Morgan fingerprint density at radius 3 is 2.53 bits per heavy atom. The quantitative estimate of drug-likeness (QED) is 0.719. The Kier molecular flexibility index (Phi) is 2.21. The fraction of sp³-hybridized carbons (Fsp3) is 0.250. The monoisotopic (exact) mass is 249 g/mol. The molecule has 1 aliphatic carbocycles. The minimum absolute atomic E-state index is 0.464. The number of fused-ring (bicyclic) bond motifs is 2. The third-order valence-corrected chi connectivity index (χ3v) is 4.06. The van der Waals surface area contributed by atoms with E-state index in [4.69, 9.17) is 0 Å². The van der Waals surface area contributed by atoms with E-state index in [1.165, 1.54) is 16.7 Å². The highest BCUT2D eigenvalue weighted by Crippen LogP contribution is 2.33. The van der Waals surface area contributed by atoms with Crippen molar-refractivity contribution >= 4 is 11.2 Å². The first kappa shape index (κ1) is 10.7. The van der Waals surface area contributed by atoms with Crippen molar-refractivity contribution in [3.05, 3.63) is 59.0 Å². The van der Waals surface area contributed by atoms with Gasteiger partial charge in [0, 0.05) is 12.1 Å². The topological polar surface area (TPSA) is 41.6 Å². The molecular formula is C16H15N3. The standard InChI is InChI=1S/C16H15N3/c1-10-6-7-17-16-14(10)18-15(19-16)13-8-11-4-2-3-5-12(11)9-13/h2-7,13H,8-9H2,1H3,(H,17,18,19). The van der Waals surface area contributed by atoms with E-state index in [-0.39, 0.29) is 0 Å². The van der Waals surface area contributed by atoms with Gasteiger partial charge < -0.3 is 4.98 Å². The summed E-state index contributed by atoms with van der Waals surface area (Å²) in [5.74, 6) is 1.54. The number of aryl methyl sites for hydroxylation is 1. The first-order valence-corrected chi connectivity index (χ1v) is 6.69. The lowest BCUT2D eigenvalue weighted by molar-refractivity contribution is 0.696. The van der Waals surface area contributed by atoms with Gasteiger partial charge in [0.2, 0.25) is 0 Å². The van der Waals surface area contributed by atoms with Gasteiger partial charge in [-0.3, -0.25) is 0 Å². The Hall–Kier alpha value is -2.16. The molecule has 1 aliphatic rings. The number of aromatic amines is 1. The summed E-state index contributed by atoms with van der Waals surface area (Å²) in [6, 6.07) is 10.7. The molecule has 94 valence electrons. The zero-order chi connectivity index (χ0) is 12.8. The van der Waals surface area contributed by atoms with Crippen LogP contribution in [-0.4, -0.2) is 15.0 Å². The second-order valence-corrected chi connectivity index (χ2v) is 5.32. The summed E-state index contributed by atoms with van der Waals surface area (Å²) in [5, 5.41) is 0. The number of hydrogen-bond donors (Lipinski definition) is 1. The molecule has 0 amide bonds. The first-order valence-electron chi connectivity index (χ1n) is 6.69. The van der Waals surface area contributed by atoms with Gasteiger partial charge in [-0.05, 0) is 42.5 Å². The van der Waals surface area contributed by atoms with E-state index in [0.29, 0.717) is 5.92 Å². The third-order valence-electron chi connectivity index (χ3n) is 4.06. The van der Waals surface area contributed by atoms with Crippen molar-refractivity contribution in [3.8, 4) is 0 Å². The third kappa shape index (κ3) is 1.65. The summed E-state index contributed by atoms with van der Waals surface area (Å²) < 4.78 is 0. The van der Waals surface area contributed by atoms with Gasteiger partial charge in [-0.15, -0.1) is 0 Å². The van der Waals surface area contributed by atoms with Crippen LogP contribution in [0.2, 0.25) is 0 Å². The SMILES string of the molecule is Cc1ccnc2nc(C3Cc4ccccc4C3)[nH]c12. The van der Waals surface area contributed by atoms with Crippen LogP contribution in [0, 0.1) is 6.92 Å². The van der Waals surface area contributed by atoms with E-state index in [0.717, 1.165) is 29.8 Å². The minimum atomic E-state index is 0.464. The molecular weight excluding hydrogens is 234 g/mol. The van der Waals surface area contributed by atoms with E-state index in [9.17, 15) is 0 Å². The number of benzene rings is 1. The number of nitrogens with zero attached hydrogens (tertiary/aromatic N) is 2. The van der Waals surface area contributed by atoms with Crippen molar-refractivity contribution in [2.75, 3.05) is 0 Å². The fourth-order valence-corrected chi connectivity index (χ4v) is 3.00. The lowest BCUT2D eigenvalue weighted by Gasteiger charge is -2.03. The lowest BCUT2D eigenvalue weighted by Crippen LogP contribution is -2.00. The highest BCUT2D eigenvalue weighted by atomic mass is 15.0. The number of H-pyrrole nitrogens is 1. The Labute approximate surface area is 111 Å². The van der Waals surface area contributed by atoms with Gasteiger partial charge in [-0.25, -0.2) is 9.97 Å². The molecule has 2 aromatic heterocycles. The average Bonchev–Trinajstić information content (AvgIpc) is 3.02. The molecule has 3 aromatic rings. The van der Waals surface area contributed by atoms with Crippen LogP contribution in [0.4, 0.5) is 0 Å². The second-order valence-electron chi connectivity index (χ2n) is 5.32. The van der Waals surface area contributed by atoms with Gasteiger partial charge >= 0.3 is 0 Å². The summed E-state index contributed by atoms with van der Waals surface area (Å²) in [6.07, 6.45) is 3.98. The van der Waals surface area contributed by atoms with E-state index in [2.05, 4.69) is 46.1 Å². The lowest BCUT2D eigenvalue weighted by atomic mass is 10.1. The molecule has 0 fully saturated rings. The molecule has 19 heavy (non-hydrogen) atoms. The van der Waals surface area contributed by atoms with Gasteiger partial charge in [0.15, 0.2) is 5.65 Å². The zero-order valence-corrected chi connectivity index (χ0v) is 10.9. The summed E-state index contributed by atoms with van der Waals surface area (Å²) in [6.45, 7) is 2.09. The molecule has 1 aromatic carbocycles. The van der Waals surface area contributed by atoms with Crippen LogP contribution in [0.1, 0.15) is 28.4 Å². The number of imidazole rings is 1. The van der Waals surface area contributed by atoms with Crippen molar-refractivity contribution in [1.29, 1.82) is 0 Å². The van der Waals surface area contributed by atoms with Gasteiger partial charge in [-0.1, -0.05) is 24.3 Å². The van der Waals surface area contributed by atoms with Crippen LogP contribution < -0.4 is 0 Å². The highest BCUT2D eigenvalue weighted by molar-refractivity contribution is 5.74. The van der Waals surface area contributed by atoms with E-state index < -0.39 is 0 Å². The van der Waals surface area contributed by atoms with E-state index in [1.807, 2.05) is 12.3 Å². The molecule has 3 heteroatoms. The first-order chi connectivity index (χ1) is 9.31. The molecule has 0 saturated carbocycles. The van der Waals surface area contributed by atoms with Crippen molar-refractivity contribution in [2.45, 2.75) is 25.7 Å². The number of pyridine rings is 1. The maximum Gasteiger partial charge on any atom is 0.177 e. The smallest absolute Gasteiger partial charge is 0.177 e. The van der Waals surface area contributed by atoms with Crippen LogP contribution in [0.5, 0.6) is 0 Å². The van der Waals surface area contributed by atoms with Crippen LogP contribution >= 0.6 is 0 Å². The molecule has 0 saturated heterocycles. The van der Waals surface area contributed by atoms with E-state index >= 15 is 0 Å². The Balaban J connectivity index is 1.75. The van der Waals surface area contributed by atoms with Gasteiger partial charge in [0.1, 0.15) is 5.82 Å². The average molecular weight is 249 g/mol. The number of hydrogen-bond acceptors (Lipinski definition) is 2. The number of rotatable bonds is 1. The fourth-order valence-electron chi connectivity index (χ4n) is 3.00. The van der Waals surface area contributed by atoms with Crippen LogP contribution in [-0.2, 0) is 12.8 Å². The molecule has 0 unspecified atom stereocenters. The molecule has 3 nitrogen and oxygen atoms in total.